The van der Waals surface area contributed by atoms with Crippen LogP contribution in [-0.2, 0) is 0 Å². The molecule has 2 atom stereocenters. The molecule has 0 amide bonds. The first kappa shape index (κ1) is 11.2. The molecule has 0 radical (unpaired) electrons. The average molecular weight is 219 g/mol. The summed E-state index contributed by atoms with van der Waals surface area (Å²) in [4.78, 5) is 0. The molecule has 0 fully saturated rings. The third-order valence-corrected chi connectivity index (χ3v) is 2.68. The molecule has 0 saturated carbocycles. The van der Waals surface area contributed by atoms with E-state index >= 15 is 0 Å². The maximum atomic E-state index is 8.98. The monoisotopic (exact) mass is 219 g/mol. The number of aliphatic hydroxyl groups excluding tert-OH is 1. The molecule has 16 heavy (non-hydrogen) atoms. The lowest BCUT2D eigenvalue weighted by Gasteiger charge is -2.15. The van der Waals surface area contributed by atoms with Gasteiger partial charge in [-0.05, 0) is 26.0 Å². The molecule has 2 N–H and O–H groups in total. The maximum Gasteiger partial charge on any atom is 0.134 e. The van der Waals surface area contributed by atoms with Gasteiger partial charge in [0.05, 0.1) is 12.6 Å². The van der Waals surface area contributed by atoms with Crippen LogP contribution in [0.25, 0.3) is 11.0 Å². The van der Waals surface area contributed by atoms with Crippen LogP contribution in [0.2, 0.25) is 0 Å². The van der Waals surface area contributed by atoms with Gasteiger partial charge >= 0.3 is 0 Å². The number of para-hydroxylation sites is 1. The van der Waals surface area contributed by atoms with Gasteiger partial charge in [0, 0.05) is 11.4 Å². The minimum atomic E-state index is 0.0724. The van der Waals surface area contributed by atoms with Crippen molar-refractivity contribution in [1.29, 1.82) is 0 Å². The number of hydrogen-bond donors (Lipinski definition) is 2. The van der Waals surface area contributed by atoms with E-state index in [2.05, 4.69) is 5.32 Å². The molecule has 1 heterocycles. The van der Waals surface area contributed by atoms with Crippen molar-refractivity contribution in [2.75, 3.05) is 6.61 Å². The van der Waals surface area contributed by atoms with Crippen LogP contribution in [0.15, 0.2) is 34.7 Å². The lowest BCUT2D eigenvalue weighted by Crippen LogP contribution is -2.31. The predicted molar refractivity (Wildman–Crippen MR) is 64.3 cm³/mol. The number of rotatable bonds is 4. The molecule has 0 aliphatic carbocycles. The van der Waals surface area contributed by atoms with E-state index in [0.717, 1.165) is 16.7 Å². The van der Waals surface area contributed by atoms with Crippen molar-refractivity contribution in [2.24, 2.45) is 0 Å². The van der Waals surface area contributed by atoms with Gasteiger partial charge in [-0.25, -0.2) is 0 Å². The summed E-state index contributed by atoms with van der Waals surface area (Å²) in [7, 11) is 0. The molecule has 1 aromatic heterocycles. The van der Waals surface area contributed by atoms with E-state index in [1.54, 1.807) is 0 Å². The Morgan fingerprint density at radius 3 is 2.75 bits per heavy atom. The Kier molecular flexibility index (Phi) is 3.27. The molecule has 0 aliphatic heterocycles. The summed E-state index contributed by atoms with van der Waals surface area (Å²) in [5.41, 5.74) is 0.905. The number of aliphatic hydroxyl groups is 1. The maximum absolute atomic E-state index is 8.98. The zero-order valence-corrected chi connectivity index (χ0v) is 9.60. The standard InChI is InChI=1S/C13H17NO2/c1-9(8-15)14-10(2)13-7-11-5-3-4-6-12(11)16-13/h3-7,9-10,14-15H,8H2,1-2H3/t9-,10?/m1/s1. The van der Waals surface area contributed by atoms with Crippen molar-refractivity contribution in [3.05, 3.63) is 36.1 Å². The molecule has 0 spiro atoms. The molecule has 2 rings (SSSR count). The number of furan rings is 1. The largest absolute Gasteiger partial charge is 0.459 e. The zero-order valence-electron chi connectivity index (χ0n) is 9.60. The highest BCUT2D eigenvalue weighted by Gasteiger charge is 2.13. The minimum absolute atomic E-state index is 0.0724. The van der Waals surface area contributed by atoms with E-state index in [1.165, 1.54) is 0 Å². The van der Waals surface area contributed by atoms with Crippen LogP contribution in [0.4, 0.5) is 0 Å². The first-order chi connectivity index (χ1) is 7.70. The minimum Gasteiger partial charge on any atom is -0.459 e. The zero-order chi connectivity index (χ0) is 11.5. The number of benzene rings is 1. The van der Waals surface area contributed by atoms with Gasteiger partial charge in [0.2, 0.25) is 0 Å². The van der Waals surface area contributed by atoms with Crippen molar-refractivity contribution < 1.29 is 9.52 Å². The van der Waals surface area contributed by atoms with E-state index in [4.69, 9.17) is 9.52 Å². The Hall–Kier alpha value is -1.32. The van der Waals surface area contributed by atoms with Crippen LogP contribution >= 0.6 is 0 Å². The van der Waals surface area contributed by atoms with Gasteiger partial charge in [-0.1, -0.05) is 18.2 Å². The van der Waals surface area contributed by atoms with Gasteiger partial charge < -0.3 is 14.8 Å². The molecule has 1 aromatic carbocycles. The quantitative estimate of drug-likeness (QED) is 0.830. The van der Waals surface area contributed by atoms with Crippen LogP contribution < -0.4 is 5.32 Å². The topological polar surface area (TPSA) is 45.4 Å². The molecule has 3 nitrogen and oxygen atoms in total. The van der Waals surface area contributed by atoms with Gasteiger partial charge in [0.15, 0.2) is 0 Å². The normalized spacial score (nSPS) is 15.2. The lowest BCUT2D eigenvalue weighted by atomic mass is 10.2. The predicted octanol–water partition coefficient (Wildman–Crippen LogP) is 2.46. The van der Waals surface area contributed by atoms with Crippen molar-refractivity contribution in [2.45, 2.75) is 25.9 Å². The van der Waals surface area contributed by atoms with Crippen molar-refractivity contribution >= 4 is 11.0 Å². The Morgan fingerprint density at radius 1 is 1.31 bits per heavy atom. The molecule has 1 unspecified atom stereocenters. The second-order valence-electron chi connectivity index (χ2n) is 4.16. The van der Waals surface area contributed by atoms with Crippen molar-refractivity contribution in [3.8, 4) is 0 Å². The Labute approximate surface area is 95.1 Å². The van der Waals surface area contributed by atoms with E-state index in [-0.39, 0.29) is 18.7 Å². The smallest absolute Gasteiger partial charge is 0.134 e. The third-order valence-electron chi connectivity index (χ3n) is 2.68. The van der Waals surface area contributed by atoms with E-state index < -0.39 is 0 Å². The van der Waals surface area contributed by atoms with Crippen LogP contribution in [0.3, 0.4) is 0 Å². The van der Waals surface area contributed by atoms with Crippen LogP contribution in [0.5, 0.6) is 0 Å². The van der Waals surface area contributed by atoms with Gasteiger partial charge in [0.1, 0.15) is 11.3 Å². The van der Waals surface area contributed by atoms with E-state index in [1.807, 2.05) is 44.2 Å². The van der Waals surface area contributed by atoms with Crippen LogP contribution in [-0.4, -0.2) is 17.8 Å². The third kappa shape index (κ3) is 2.26. The van der Waals surface area contributed by atoms with Gasteiger partial charge in [-0.2, -0.15) is 0 Å². The first-order valence-corrected chi connectivity index (χ1v) is 5.56. The van der Waals surface area contributed by atoms with E-state index in [9.17, 15) is 0 Å². The SMILES string of the molecule is CC(N[C@H](C)CO)c1cc2ccccc2o1. The van der Waals surface area contributed by atoms with Crippen molar-refractivity contribution in [1.82, 2.24) is 5.32 Å². The molecule has 3 heteroatoms. The summed E-state index contributed by atoms with van der Waals surface area (Å²) in [5, 5.41) is 13.4. The van der Waals surface area contributed by atoms with Gasteiger partial charge in [-0.15, -0.1) is 0 Å². The van der Waals surface area contributed by atoms with Gasteiger partial charge in [0.25, 0.3) is 0 Å². The molecule has 0 aliphatic rings. The summed E-state index contributed by atoms with van der Waals surface area (Å²) in [6, 6.07) is 10.2. The number of hydrogen-bond acceptors (Lipinski definition) is 3. The number of nitrogens with one attached hydrogen (secondary N) is 1. The summed E-state index contributed by atoms with van der Waals surface area (Å²) >= 11 is 0. The fourth-order valence-corrected chi connectivity index (χ4v) is 1.78. The molecule has 86 valence electrons. The van der Waals surface area contributed by atoms with Gasteiger partial charge in [-0.3, -0.25) is 0 Å². The summed E-state index contributed by atoms with van der Waals surface area (Å²) in [6.45, 7) is 4.10. The van der Waals surface area contributed by atoms with Crippen molar-refractivity contribution in [3.63, 3.8) is 0 Å². The second-order valence-corrected chi connectivity index (χ2v) is 4.16. The molecular formula is C13H17NO2. The summed E-state index contributed by atoms with van der Waals surface area (Å²) in [5.74, 6) is 0.904. The summed E-state index contributed by atoms with van der Waals surface area (Å²) in [6.07, 6.45) is 0. The second kappa shape index (κ2) is 4.68. The number of fused-ring (bicyclic) bond motifs is 1. The molecule has 0 saturated heterocycles. The highest BCUT2D eigenvalue weighted by atomic mass is 16.3. The Balaban J connectivity index is 2.19. The van der Waals surface area contributed by atoms with E-state index in [0.29, 0.717) is 0 Å². The highest BCUT2D eigenvalue weighted by molar-refractivity contribution is 5.77. The average Bonchev–Trinajstić information content (AvgIpc) is 2.72. The Bertz CT molecular complexity index is 431. The molecule has 2 aromatic rings. The molecular weight excluding hydrogens is 202 g/mol. The highest BCUT2D eigenvalue weighted by Crippen LogP contribution is 2.23. The summed E-state index contributed by atoms with van der Waals surface area (Å²) < 4.78 is 5.73. The first-order valence-electron chi connectivity index (χ1n) is 5.56. The van der Waals surface area contributed by atoms with Crippen LogP contribution in [0, 0.1) is 0 Å². The fraction of sp³-hybridized carbons (Fsp3) is 0.385. The molecule has 0 bridgehead atoms. The lowest BCUT2D eigenvalue weighted by molar-refractivity contribution is 0.239. The van der Waals surface area contributed by atoms with Crippen LogP contribution in [0.1, 0.15) is 25.6 Å². The fourth-order valence-electron chi connectivity index (χ4n) is 1.78. The Morgan fingerprint density at radius 2 is 2.06 bits per heavy atom.